The maximum absolute atomic E-state index is 11.2. The van der Waals surface area contributed by atoms with Crippen molar-refractivity contribution in [3.63, 3.8) is 0 Å². The van der Waals surface area contributed by atoms with E-state index in [0.29, 0.717) is 0 Å². The molecule has 0 rings (SSSR count). The van der Waals surface area contributed by atoms with Crippen LogP contribution in [0.1, 0.15) is 8.29 Å². The van der Waals surface area contributed by atoms with Crippen LogP contribution in [0.2, 0.25) is 0 Å². The highest BCUT2D eigenvalue weighted by molar-refractivity contribution is 7.60. The highest BCUT2D eigenvalue weighted by atomic mass is 31.3. The summed E-state index contributed by atoms with van der Waals surface area (Å²) in [5.74, 6) is 0. The van der Waals surface area contributed by atoms with Crippen LogP contribution < -0.4 is 0 Å². The summed E-state index contributed by atoms with van der Waals surface area (Å²) in [6, 6.07) is 0. The fourth-order valence-corrected chi connectivity index (χ4v) is 2.60. The van der Waals surface area contributed by atoms with Crippen molar-refractivity contribution < 1.29 is 54.1 Å². The van der Waals surface area contributed by atoms with Gasteiger partial charge < -0.3 is 34.8 Å². The molecule has 1 unspecified atom stereocenters. The van der Waals surface area contributed by atoms with E-state index in [2.05, 4.69) is 8.83 Å². The first kappa shape index (κ1) is 16.9. The van der Waals surface area contributed by atoms with Crippen molar-refractivity contribution in [1.29, 1.82) is 0 Å². The van der Waals surface area contributed by atoms with Gasteiger partial charge in [-0.1, -0.05) is 0 Å². The Morgan fingerprint density at radius 3 is 1.95 bits per heavy atom. The maximum Gasteiger partial charge on any atom is 0.481 e. The summed E-state index contributed by atoms with van der Waals surface area (Å²) in [6.45, 7) is 1.00. The molecule has 19 heavy (non-hydrogen) atoms. The van der Waals surface area contributed by atoms with Crippen molar-refractivity contribution in [2.45, 2.75) is 31.3 Å². The van der Waals surface area contributed by atoms with E-state index in [1.807, 2.05) is 0 Å². The number of hydrogen-bond donors (Lipinski definition) is 6. The standard InChI is InChI=1S/C6H14O11P2/c1-3(8)5(9)6(10)4(2-7)16-19(14,15)17-18(11,12)13/h2-6,8-10H,1H3,(H,14,15)(H2,11,12,13)/t3-,4-,5+,6-/m1/s1/i2D. The summed E-state index contributed by atoms with van der Waals surface area (Å²) in [7, 11) is -11.0. The molecule has 0 saturated heterocycles. The zero-order valence-corrected chi connectivity index (χ0v) is 11.2. The molecule has 114 valence electrons. The molecule has 0 aliphatic rings. The summed E-state index contributed by atoms with van der Waals surface area (Å²) in [4.78, 5) is 36.5. The summed E-state index contributed by atoms with van der Waals surface area (Å²) >= 11 is 0. The molecule has 13 heteroatoms. The van der Waals surface area contributed by atoms with Crippen LogP contribution in [0.3, 0.4) is 0 Å². The van der Waals surface area contributed by atoms with Crippen LogP contribution >= 0.6 is 15.6 Å². The smallest absolute Gasteiger partial charge is 0.391 e. The van der Waals surface area contributed by atoms with Gasteiger partial charge in [-0.3, -0.25) is 4.52 Å². The molecule has 0 aromatic heterocycles. The molecule has 0 spiro atoms. The predicted octanol–water partition coefficient (Wildman–Crippen LogP) is -2.12. The van der Waals surface area contributed by atoms with E-state index in [1.54, 1.807) is 0 Å². The Labute approximate surface area is 108 Å². The monoisotopic (exact) mass is 325 g/mol. The van der Waals surface area contributed by atoms with Crippen LogP contribution in [0, 0.1) is 0 Å². The highest BCUT2D eigenvalue weighted by Gasteiger charge is 2.39. The Morgan fingerprint density at radius 1 is 1.16 bits per heavy atom. The molecule has 0 bridgehead atoms. The largest absolute Gasteiger partial charge is 0.481 e. The van der Waals surface area contributed by atoms with E-state index in [9.17, 15) is 24.1 Å². The van der Waals surface area contributed by atoms with Gasteiger partial charge in [-0.25, -0.2) is 9.13 Å². The van der Waals surface area contributed by atoms with E-state index < -0.39 is 46.3 Å². The number of hydrogen-bond acceptors (Lipinski definition) is 8. The lowest BCUT2D eigenvalue weighted by Gasteiger charge is -2.25. The highest BCUT2D eigenvalue weighted by Crippen LogP contribution is 2.58. The summed E-state index contributed by atoms with van der Waals surface area (Å²) in [6.07, 6.45) is -10.2. The number of aliphatic hydroxyl groups is 3. The third kappa shape index (κ3) is 7.23. The average Bonchev–Trinajstić information content (AvgIpc) is 2.20. The number of phosphoric acid groups is 2. The van der Waals surface area contributed by atoms with Crippen molar-refractivity contribution in [3.05, 3.63) is 0 Å². The predicted molar refractivity (Wildman–Crippen MR) is 57.6 cm³/mol. The third-order valence-electron chi connectivity index (χ3n) is 1.73. The van der Waals surface area contributed by atoms with Crippen LogP contribution in [-0.4, -0.2) is 60.7 Å². The quantitative estimate of drug-likeness (QED) is 0.211. The average molecular weight is 325 g/mol. The van der Waals surface area contributed by atoms with Crippen LogP contribution in [-0.2, 0) is 22.8 Å². The molecule has 0 radical (unpaired) electrons. The molecule has 0 aliphatic heterocycles. The molecule has 0 heterocycles. The molecule has 0 aromatic rings. The van der Waals surface area contributed by atoms with E-state index in [1.165, 1.54) is 0 Å². The second-order valence-electron chi connectivity index (χ2n) is 3.41. The minimum absolute atomic E-state index is 1.00. The Kier molecular flexibility index (Phi) is 6.21. The Bertz CT molecular complexity index is 433. The fourth-order valence-electron chi connectivity index (χ4n) is 0.915. The van der Waals surface area contributed by atoms with Gasteiger partial charge in [0.1, 0.15) is 13.6 Å². The van der Waals surface area contributed by atoms with Gasteiger partial charge in [0.05, 0.1) is 6.10 Å². The first-order chi connectivity index (χ1) is 8.77. The number of carbonyl (C=O) groups is 1. The van der Waals surface area contributed by atoms with E-state index in [-0.39, 0.29) is 0 Å². The molecule has 0 amide bonds. The van der Waals surface area contributed by atoms with Crippen LogP contribution in [0.15, 0.2) is 0 Å². The van der Waals surface area contributed by atoms with Crippen LogP contribution in [0.5, 0.6) is 0 Å². The Morgan fingerprint density at radius 2 is 1.63 bits per heavy atom. The number of aldehydes is 1. The van der Waals surface area contributed by atoms with Gasteiger partial charge in [0.25, 0.3) is 0 Å². The second-order valence-corrected chi connectivity index (χ2v) is 6.19. The minimum Gasteiger partial charge on any atom is -0.391 e. The van der Waals surface area contributed by atoms with Gasteiger partial charge in [-0.05, 0) is 6.92 Å². The molecule has 6 N–H and O–H groups in total. The summed E-state index contributed by atoms with van der Waals surface area (Å²) in [5, 5.41) is 27.7. The number of carbonyl (C=O) groups excluding carboxylic acids is 1. The van der Waals surface area contributed by atoms with Crippen molar-refractivity contribution in [3.8, 4) is 0 Å². The second kappa shape index (κ2) is 7.00. The first-order valence-electron chi connectivity index (χ1n) is 5.09. The molecule has 0 aliphatic carbocycles. The Balaban J connectivity index is 5.10. The number of phosphoric ester groups is 1. The van der Waals surface area contributed by atoms with Crippen molar-refractivity contribution in [1.82, 2.24) is 0 Å². The summed E-state index contributed by atoms with van der Waals surface area (Å²) in [5.41, 5.74) is 0. The molecule has 11 nitrogen and oxygen atoms in total. The lowest BCUT2D eigenvalue weighted by Crippen LogP contribution is -2.44. The summed E-state index contributed by atoms with van der Waals surface area (Å²) < 4.78 is 35.6. The van der Waals surface area contributed by atoms with Crippen LogP contribution in [0.25, 0.3) is 0 Å². The van der Waals surface area contributed by atoms with Crippen molar-refractivity contribution >= 4 is 21.9 Å². The molecule has 0 fully saturated rings. The molecular formula is C6H14O11P2. The van der Waals surface area contributed by atoms with Crippen LogP contribution in [0.4, 0.5) is 0 Å². The zero-order chi connectivity index (χ0) is 16.3. The minimum atomic E-state index is -5.50. The molecule has 0 saturated carbocycles. The molecule has 5 atom stereocenters. The van der Waals surface area contributed by atoms with Gasteiger partial charge in [0, 0.05) is 0 Å². The van der Waals surface area contributed by atoms with Crippen molar-refractivity contribution in [2.24, 2.45) is 0 Å². The fraction of sp³-hybridized carbons (Fsp3) is 0.833. The third-order valence-corrected chi connectivity index (χ3v) is 3.90. The van der Waals surface area contributed by atoms with Gasteiger partial charge in [-0.15, -0.1) is 0 Å². The van der Waals surface area contributed by atoms with Gasteiger partial charge in [-0.2, -0.15) is 4.31 Å². The molecular weight excluding hydrogens is 310 g/mol. The maximum atomic E-state index is 11.2. The topological polar surface area (TPSA) is 191 Å². The Hall–Kier alpha value is -0.190. The van der Waals surface area contributed by atoms with E-state index in [0.717, 1.165) is 6.92 Å². The lowest BCUT2D eigenvalue weighted by molar-refractivity contribution is -0.131. The van der Waals surface area contributed by atoms with Gasteiger partial charge >= 0.3 is 15.6 Å². The number of aliphatic hydroxyl groups excluding tert-OH is 3. The SMILES string of the molecule is [2H]C(=O)[C@@H](OP(=O)(O)OP(=O)(O)O)[C@@H](O)[C@@H](O)[C@@H](C)O. The normalized spacial score (nSPS) is 22.8. The van der Waals surface area contributed by atoms with E-state index in [4.69, 9.17) is 21.2 Å². The van der Waals surface area contributed by atoms with Gasteiger partial charge in [0.2, 0.25) is 0 Å². The molecule has 0 aromatic carbocycles. The van der Waals surface area contributed by atoms with Crippen molar-refractivity contribution in [2.75, 3.05) is 0 Å². The first-order valence-corrected chi connectivity index (χ1v) is 7.62. The zero-order valence-electron chi connectivity index (χ0n) is 10.4. The lowest BCUT2D eigenvalue weighted by atomic mass is 10.1. The van der Waals surface area contributed by atoms with E-state index >= 15 is 0 Å². The number of rotatable bonds is 8. The van der Waals surface area contributed by atoms with Gasteiger partial charge in [0.15, 0.2) is 12.4 Å².